The van der Waals surface area contributed by atoms with Gasteiger partial charge in [-0.3, -0.25) is 9.59 Å². The van der Waals surface area contributed by atoms with E-state index in [1.165, 1.54) is 6.07 Å². The van der Waals surface area contributed by atoms with Crippen LogP contribution in [-0.4, -0.2) is 32.3 Å². The second-order valence-electron chi connectivity index (χ2n) is 7.68. The summed E-state index contributed by atoms with van der Waals surface area (Å²) >= 11 is 0. The number of hydrogen-bond acceptors (Lipinski definition) is 3. The lowest BCUT2D eigenvalue weighted by molar-refractivity contribution is -0.137. The molecule has 1 aromatic carbocycles. The van der Waals surface area contributed by atoms with E-state index in [2.05, 4.69) is 10.4 Å². The molecule has 0 atom stereocenters. The van der Waals surface area contributed by atoms with Crippen LogP contribution < -0.4 is 5.32 Å². The van der Waals surface area contributed by atoms with Gasteiger partial charge in [-0.1, -0.05) is 12.1 Å². The quantitative estimate of drug-likeness (QED) is 0.814. The van der Waals surface area contributed by atoms with Crippen LogP contribution >= 0.6 is 0 Å². The van der Waals surface area contributed by atoms with E-state index in [1.807, 2.05) is 13.0 Å². The van der Waals surface area contributed by atoms with Crippen LogP contribution in [0.2, 0.25) is 0 Å². The van der Waals surface area contributed by atoms with E-state index in [4.69, 9.17) is 5.11 Å². The number of hydrogen-bond donors (Lipinski definition) is 2. The highest BCUT2D eigenvalue weighted by atomic mass is 19.1. The fourth-order valence-electron chi connectivity index (χ4n) is 3.54. The molecule has 2 N–H and O–H groups in total. The highest BCUT2D eigenvalue weighted by Crippen LogP contribution is 2.30. The number of aliphatic carboxylic acids is 1. The van der Waals surface area contributed by atoms with E-state index in [0.29, 0.717) is 17.8 Å². The Labute approximate surface area is 157 Å². The van der Waals surface area contributed by atoms with Crippen molar-refractivity contribution >= 4 is 11.9 Å². The van der Waals surface area contributed by atoms with Crippen LogP contribution in [0.1, 0.15) is 60.4 Å². The molecule has 2 aromatic rings. The number of nitrogens with one attached hydrogen (secondary N) is 1. The summed E-state index contributed by atoms with van der Waals surface area (Å²) in [6.07, 6.45) is 2.63. The first kappa shape index (κ1) is 19.1. The lowest BCUT2D eigenvalue weighted by Crippen LogP contribution is -2.44. The molecule has 1 aliphatic rings. The van der Waals surface area contributed by atoms with Gasteiger partial charge in [0.05, 0.1) is 0 Å². The number of carbonyl (C=O) groups excluding carboxylic acids is 1. The molecule has 3 rings (SSSR count). The highest BCUT2D eigenvalue weighted by molar-refractivity contribution is 5.94. The molecule has 0 radical (unpaired) electrons. The van der Waals surface area contributed by atoms with Crippen LogP contribution in [0.5, 0.6) is 0 Å². The van der Waals surface area contributed by atoms with Crippen molar-refractivity contribution in [2.75, 3.05) is 0 Å². The lowest BCUT2D eigenvalue weighted by atomic mass is 9.98. The number of carboxylic acid groups (broad SMARTS) is 1. The predicted molar refractivity (Wildman–Crippen MR) is 98.7 cm³/mol. The molecule has 6 nitrogen and oxygen atoms in total. The number of aryl methyl sites for hydroxylation is 1. The Morgan fingerprint density at radius 2 is 2.07 bits per heavy atom. The molecular weight excluding hydrogens is 349 g/mol. The Hall–Kier alpha value is -2.70. The smallest absolute Gasteiger partial charge is 0.303 e. The zero-order valence-corrected chi connectivity index (χ0v) is 15.8. The summed E-state index contributed by atoms with van der Waals surface area (Å²) in [5.41, 5.74) is 2.47. The third kappa shape index (κ3) is 3.86. The molecule has 0 bridgehead atoms. The predicted octanol–water partition coefficient (Wildman–Crippen LogP) is 3.18. The largest absolute Gasteiger partial charge is 0.481 e. The monoisotopic (exact) mass is 373 g/mol. The van der Waals surface area contributed by atoms with Gasteiger partial charge in [-0.15, -0.1) is 0 Å². The highest BCUT2D eigenvalue weighted by Gasteiger charge is 2.31. The second kappa shape index (κ2) is 7.13. The minimum atomic E-state index is -0.905. The van der Waals surface area contributed by atoms with Crippen molar-refractivity contribution in [2.24, 2.45) is 0 Å². The summed E-state index contributed by atoms with van der Waals surface area (Å²) in [5.74, 6) is -1.63. The summed E-state index contributed by atoms with van der Waals surface area (Å²) in [4.78, 5) is 23.7. The molecular formula is C20H24FN3O3. The number of amides is 1. The van der Waals surface area contributed by atoms with Gasteiger partial charge in [-0.25, -0.2) is 9.07 Å². The number of carboxylic acids is 1. The molecule has 0 saturated heterocycles. The van der Waals surface area contributed by atoms with Crippen molar-refractivity contribution in [1.82, 2.24) is 15.1 Å². The Morgan fingerprint density at radius 3 is 2.74 bits per heavy atom. The van der Waals surface area contributed by atoms with Crippen LogP contribution in [0.15, 0.2) is 18.2 Å². The van der Waals surface area contributed by atoms with E-state index < -0.39 is 11.5 Å². The third-order valence-corrected chi connectivity index (χ3v) is 4.96. The first-order valence-electron chi connectivity index (χ1n) is 9.10. The van der Waals surface area contributed by atoms with Crippen LogP contribution in [-0.2, 0) is 17.6 Å². The molecule has 7 heteroatoms. The number of carbonyl (C=O) groups is 2. The van der Waals surface area contributed by atoms with Gasteiger partial charge < -0.3 is 10.4 Å². The van der Waals surface area contributed by atoms with Gasteiger partial charge in [0.15, 0.2) is 5.69 Å². The molecule has 0 spiro atoms. The summed E-state index contributed by atoms with van der Waals surface area (Å²) < 4.78 is 16.0. The van der Waals surface area contributed by atoms with Crippen LogP contribution in [0.3, 0.4) is 0 Å². The maximum atomic E-state index is 14.4. The molecule has 0 unspecified atom stereocenters. The van der Waals surface area contributed by atoms with E-state index >= 15 is 0 Å². The van der Waals surface area contributed by atoms with Crippen LogP contribution in [0.25, 0.3) is 5.69 Å². The number of rotatable bonds is 6. The SMILES string of the molecule is Cc1cccc(F)c1-n1nc(C(=O)NC(C)(C)CCC(=O)O)c2c1CCC2. The topological polar surface area (TPSA) is 84.2 Å². The van der Waals surface area contributed by atoms with Gasteiger partial charge in [0, 0.05) is 23.2 Å². The van der Waals surface area contributed by atoms with Crippen LogP contribution in [0.4, 0.5) is 4.39 Å². The Bertz CT molecular complexity index is 882. The second-order valence-corrected chi connectivity index (χ2v) is 7.68. The van der Waals surface area contributed by atoms with E-state index in [0.717, 1.165) is 36.1 Å². The molecule has 1 heterocycles. The van der Waals surface area contributed by atoms with Gasteiger partial charge in [0.1, 0.15) is 11.5 Å². The maximum Gasteiger partial charge on any atom is 0.303 e. The third-order valence-electron chi connectivity index (χ3n) is 4.96. The van der Waals surface area contributed by atoms with Gasteiger partial charge in [-0.2, -0.15) is 5.10 Å². The standard InChI is InChI=1S/C20H24FN3O3/c1-12-6-4-8-14(21)18(12)24-15-9-5-7-13(15)17(23-24)19(27)22-20(2,3)11-10-16(25)26/h4,6,8H,5,7,9-11H2,1-3H3,(H,22,27)(H,25,26). The number of nitrogens with zero attached hydrogens (tertiary/aromatic N) is 2. The number of halogens is 1. The van der Waals surface area contributed by atoms with Gasteiger partial charge in [0.2, 0.25) is 0 Å². The number of para-hydroxylation sites is 1. The maximum absolute atomic E-state index is 14.4. The summed E-state index contributed by atoms with van der Waals surface area (Å²) in [6, 6.07) is 4.85. The van der Waals surface area contributed by atoms with Crippen molar-refractivity contribution in [3.05, 3.63) is 46.5 Å². The Kier molecular flexibility index (Phi) is 5.04. The fraction of sp³-hybridized carbons (Fsp3) is 0.450. The molecule has 0 aliphatic heterocycles. The molecule has 1 amide bonds. The summed E-state index contributed by atoms with van der Waals surface area (Å²) in [6.45, 7) is 5.38. The Balaban J connectivity index is 1.94. The van der Waals surface area contributed by atoms with Gasteiger partial charge >= 0.3 is 5.97 Å². The molecule has 0 saturated carbocycles. The van der Waals surface area contributed by atoms with E-state index in [1.54, 1.807) is 24.6 Å². The van der Waals surface area contributed by atoms with Crippen molar-refractivity contribution in [2.45, 2.75) is 58.4 Å². The average molecular weight is 373 g/mol. The average Bonchev–Trinajstić information content (AvgIpc) is 3.16. The van der Waals surface area contributed by atoms with Crippen molar-refractivity contribution in [3.8, 4) is 5.69 Å². The zero-order valence-electron chi connectivity index (χ0n) is 15.8. The summed E-state index contributed by atoms with van der Waals surface area (Å²) in [5, 5.41) is 16.2. The first-order valence-corrected chi connectivity index (χ1v) is 9.10. The molecule has 0 fully saturated rings. The van der Waals surface area contributed by atoms with E-state index in [-0.39, 0.29) is 18.1 Å². The molecule has 144 valence electrons. The number of fused-ring (bicyclic) bond motifs is 1. The van der Waals surface area contributed by atoms with Crippen molar-refractivity contribution in [1.29, 1.82) is 0 Å². The zero-order chi connectivity index (χ0) is 19.8. The minimum Gasteiger partial charge on any atom is -0.481 e. The number of aromatic nitrogens is 2. The molecule has 27 heavy (non-hydrogen) atoms. The number of benzene rings is 1. The van der Waals surface area contributed by atoms with E-state index in [9.17, 15) is 14.0 Å². The fourth-order valence-corrected chi connectivity index (χ4v) is 3.54. The lowest BCUT2D eigenvalue weighted by Gasteiger charge is -2.25. The summed E-state index contributed by atoms with van der Waals surface area (Å²) in [7, 11) is 0. The van der Waals surface area contributed by atoms with Crippen molar-refractivity contribution < 1.29 is 19.1 Å². The Morgan fingerprint density at radius 1 is 1.33 bits per heavy atom. The molecule has 1 aromatic heterocycles. The van der Waals surface area contributed by atoms with Crippen molar-refractivity contribution in [3.63, 3.8) is 0 Å². The van der Waals surface area contributed by atoms with Gasteiger partial charge in [0.25, 0.3) is 5.91 Å². The first-order chi connectivity index (χ1) is 12.7. The molecule has 1 aliphatic carbocycles. The van der Waals surface area contributed by atoms with Gasteiger partial charge in [-0.05, 0) is 58.1 Å². The normalized spacial score (nSPS) is 13.5. The minimum absolute atomic E-state index is 0.0335. The van der Waals surface area contributed by atoms with Crippen LogP contribution in [0, 0.1) is 12.7 Å².